The number of benzene rings is 2. The quantitative estimate of drug-likeness (QED) is 0.564. The van der Waals surface area contributed by atoms with Crippen LogP contribution >= 0.6 is 0 Å². The zero-order valence-corrected chi connectivity index (χ0v) is 14.2. The SMILES string of the molecule is CCn1c2ccccc2c2nnc(N3CCc4ccccc4C3)nc21. The van der Waals surface area contributed by atoms with Crippen LogP contribution in [-0.2, 0) is 19.5 Å². The maximum Gasteiger partial charge on any atom is 0.247 e. The van der Waals surface area contributed by atoms with Crippen molar-refractivity contribution in [2.75, 3.05) is 11.4 Å². The van der Waals surface area contributed by atoms with Crippen molar-refractivity contribution in [2.45, 2.75) is 26.4 Å². The topological polar surface area (TPSA) is 46.8 Å². The predicted octanol–water partition coefficient (Wildman–Crippen LogP) is 3.56. The molecule has 0 spiro atoms. The number of nitrogens with zero attached hydrogens (tertiary/aromatic N) is 5. The molecular weight excluding hydrogens is 310 g/mol. The number of hydrogen-bond donors (Lipinski definition) is 0. The Morgan fingerprint density at radius 1 is 0.960 bits per heavy atom. The molecule has 3 heterocycles. The van der Waals surface area contributed by atoms with Crippen LogP contribution < -0.4 is 4.90 Å². The summed E-state index contributed by atoms with van der Waals surface area (Å²) >= 11 is 0. The van der Waals surface area contributed by atoms with Gasteiger partial charge in [0.25, 0.3) is 0 Å². The van der Waals surface area contributed by atoms with E-state index in [0.717, 1.165) is 48.6 Å². The summed E-state index contributed by atoms with van der Waals surface area (Å²) in [5, 5.41) is 10.1. The number of aromatic nitrogens is 4. The Morgan fingerprint density at radius 2 is 1.76 bits per heavy atom. The van der Waals surface area contributed by atoms with Crippen LogP contribution in [0.15, 0.2) is 48.5 Å². The Morgan fingerprint density at radius 3 is 2.64 bits per heavy atom. The largest absolute Gasteiger partial charge is 0.335 e. The summed E-state index contributed by atoms with van der Waals surface area (Å²) in [6.07, 6.45) is 1.02. The summed E-state index contributed by atoms with van der Waals surface area (Å²) in [6.45, 7) is 4.78. The van der Waals surface area contributed by atoms with Gasteiger partial charge in [0.1, 0.15) is 5.52 Å². The molecule has 0 saturated heterocycles. The predicted molar refractivity (Wildman–Crippen MR) is 99.7 cm³/mol. The van der Waals surface area contributed by atoms with Crippen LogP contribution in [-0.4, -0.2) is 26.3 Å². The minimum atomic E-state index is 0.722. The van der Waals surface area contributed by atoms with Gasteiger partial charge in [0, 0.05) is 25.0 Å². The van der Waals surface area contributed by atoms with Crippen LogP contribution in [0.5, 0.6) is 0 Å². The number of rotatable bonds is 2. The van der Waals surface area contributed by atoms with Crippen molar-refractivity contribution in [1.82, 2.24) is 19.7 Å². The average molecular weight is 329 g/mol. The van der Waals surface area contributed by atoms with Gasteiger partial charge in [0.05, 0.1) is 5.52 Å². The highest BCUT2D eigenvalue weighted by Crippen LogP contribution is 2.28. The van der Waals surface area contributed by atoms with Gasteiger partial charge >= 0.3 is 0 Å². The zero-order valence-electron chi connectivity index (χ0n) is 14.2. The number of aryl methyl sites for hydroxylation is 1. The van der Waals surface area contributed by atoms with Gasteiger partial charge in [-0.25, -0.2) is 0 Å². The second-order valence-electron chi connectivity index (χ2n) is 6.49. The Hall–Kier alpha value is -2.95. The third-order valence-electron chi connectivity index (χ3n) is 5.09. The molecule has 5 heteroatoms. The molecule has 25 heavy (non-hydrogen) atoms. The van der Waals surface area contributed by atoms with Gasteiger partial charge in [-0.3, -0.25) is 0 Å². The van der Waals surface area contributed by atoms with E-state index in [1.807, 2.05) is 6.07 Å². The molecule has 0 unspecified atom stereocenters. The van der Waals surface area contributed by atoms with Gasteiger partial charge in [-0.2, -0.15) is 4.98 Å². The maximum atomic E-state index is 4.90. The summed E-state index contributed by atoms with van der Waals surface area (Å²) in [6, 6.07) is 16.9. The fourth-order valence-corrected chi connectivity index (χ4v) is 3.82. The number of para-hydroxylation sites is 1. The van der Waals surface area contributed by atoms with Crippen LogP contribution in [0.2, 0.25) is 0 Å². The Balaban J connectivity index is 1.63. The highest BCUT2D eigenvalue weighted by molar-refractivity contribution is 6.04. The van der Waals surface area contributed by atoms with Gasteiger partial charge in [0.2, 0.25) is 5.95 Å². The lowest BCUT2D eigenvalue weighted by Gasteiger charge is -2.28. The molecule has 5 rings (SSSR count). The molecule has 4 aromatic rings. The highest BCUT2D eigenvalue weighted by atomic mass is 15.3. The molecule has 0 radical (unpaired) electrons. The third kappa shape index (κ3) is 2.19. The summed E-state index contributed by atoms with van der Waals surface area (Å²) in [5.74, 6) is 0.722. The van der Waals surface area contributed by atoms with Crippen LogP contribution in [0, 0.1) is 0 Å². The second kappa shape index (κ2) is 5.55. The van der Waals surface area contributed by atoms with Gasteiger partial charge in [0.15, 0.2) is 5.65 Å². The van der Waals surface area contributed by atoms with E-state index in [4.69, 9.17) is 4.98 Å². The Bertz CT molecular complexity index is 1080. The van der Waals surface area contributed by atoms with E-state index in [-0.39, 0.29) is 0 Å². The minimum Gasteiger partial charge on any atom is -0.335 e. The molecule has 1 aliphatic rings. The zero-order chi connectivity index (χ0) is 16.8. The van der Waals surface area contributed by atoms with Crippen molar-refractivity contribution in [3.63, 3.8) is 0 Å². The van der Waals surface area contributed by atoms with E-state index >= 15 is 0 Å². The lowest BCUT2D eigenvalue weighted by atomic mass is 10.0. The lowest BCUT2D eigenvalue weighted by Crippen LogP contribution is -2.32. The fraction of sp³-hybridized carbons (Fsp3) is 0.250. The maximum absolute atomic E-state index is 4.90. The lowest BCUT2D eigenvalue weighted by molar-refractivity contribution is 0.698. The minimum absolute atomic E-state index is 0.722. The van der Waals surface area contributed by atoms with Gasteiger partial charge in [-0.05, 0) is 30.5 Å². The van der Waals surface area contributed by atoms with Gasteiger partial charge in [-0.15, -0.1) is 10.2 Å². The molecular formula is C20H19N5. The molecule has 124 valence electrons. The van der Waals surface area contributed by atoms with Crippen molar-refractivity contribution in [1.29, 1.82) is 0 Å². The van der Waals surface area contributed by atoms with Crippen molar-refractivity contribution < 1.29 is 0 Å². The first-order valence-corrected chi connectivity index (χ1v) is 8.78. The van der Waals surface area contributed by atoms with Crippen molar-refractivity contribution in [2.24, 2.45) is 0 Å². The summed E-state index contributed by atoms with van der Waals surface area (Å²) in [7, 11) is 0. The number of fused-ring (bicyclic) bond motifs is 4. The first-order valence-electron chi connectivity index (χ1n) is 8.78. The van der Waals surface area contributed by atoms with E-state index in [1.165, 1.54) is 16.6 Å². The molecule has 0 fully saturated rings. The van der Waals surface area contributed by atoms with E-state index in [0.29, 0.717) is 0 Å². The summed E-state index contributed by atoms with van der Waals surface area (Å²) in [4.78, 5) is 7.12. The third-order valence-corrected chi connectivity index (χ3v) is 5.09. The molecule has 0 atom stereocenters. The molecule has 0 bridgehead atoms. The molecule has 5 nitrogen and oxygen atoms in total. The normalized spacial score (nSPS) is 14.2. The van der Waals surface area contributed by atoms with Crippen molar-refractivity contribution >= 4 is 28.0 Å². The fourth-order valence-electron chi connectivity index (χ4n) is 3.82. The Labute approximate surface area is 145 Å². The Kier molecular flexibility index (Phi) is 3.20. The van der Waals surface area contributed by atoms with Crippen LogP contribution in [0.25, 0.3) is 22.1 Å². The second-order valence-corrected chi connectivity index (χ2v) is 6.49. The number of anilines is 1. The first-order chi connectivity index (χ1) is 12.3. The van der Waals surface area contributed by atoms with Crippen LogP contribution in [0.4, 0.5) is 5.95 Å². The summed E-state index contributed by atoms with van der Waals surface area (Å²) < 4.78 is 2.22. The molecule has 0 N–H and O–H groups in total. The van der Waals surface area contributed by atoms with Crippen LogP contribution in [0.3, 0.4) is 0 Å². The smallest absolute Gasteiger partial charge is 0.247 e. The van der Waals surface area contributed by atoms with E-state index in [9.17, 15) is 0 Å². The molecule has 2 aromatic heterocycles. The van der Waals surface area contributed by atoms with E-state index < -0.39 is 0 Å². The van der Waals surface area contributed by atoms with Crippen LogP contribution in [0.1, 0.15) is 18.1 Å². The summed E-state index contributed by atoms with van der Waals surface area (Å²) in [5.41, 5.74) is 5.76. The standard InChI is InChI=1S/C20H19N5/c1-2-25-17-10-6-5-9-16(17)18-19(25)21-20(23-22-18)24-12-11-14-7-3-4-8-15(14)13-24/h3-10H,2,11-13H2,1H3. The molecule has 2 aromatic carbocycles. The first kappa shape index (κ1) is 14.4. The monoisotopic (exact) mass is 329 g/mol. The number of hydrogen-bond acceptors (Lipinski definition) is 4. The molecule has 0 saturated carbocycles. The van der Waals surface area contributed by atoms with E-state index in [1.54, 1.807) is 0 Å². The van der Waals surface area contributed by atoms with E-state index in [2.05, 4.69) is 69.1 Å². The average Bonchev–Trinajstić information content (AvgIpc) is 3.00. The van der Waals surface area contributed by atoms with Gasteiger partial charge in [-0.1, -0.05) is 42.5 Å². The molecule has 0 aliphatic carbocycles. The molecule has 1 aliphatic heterocycles. The highest BCUT2D eigenvalue weighted by Gasteiger charge is 2.20. The van der Waals surface area contributed by atoms with Crippen molar-refractivity contribution in [3.8, 4) is 0 Å². The van der Waals surface area contributed by atoms with Crippen molar-refractivity contribution in [3.05, 3.63) is 59.7 Å². The van der Waals surface area contributed by atoms with Gasteiger partial charge < -0.3 is 9.47 Å². The molecule has 0 amide bonds.